The second-order valence-corrected chi connectivity index (χ2v) is 2.63. The van der Waals surface area contributed by atoms with Crippen molar-refractivity contribution in [1.82, 2.24) is 0 Å². The van der Waals surface area contributed by atoms with Gasteiger partial charge in [0.1, 0.15) is 0 Å². The summed E-state index contributed by atoms with van der Waals surface area (Å²) in [4.78, 5) is 2.89. The Bertz CT molecular complexity index is 176. The van der Waals surface area contributed by atoms with E-state index in [2.05, 4.69) is 24.3 Å². The Kier molecular flexibility index (Phi) is 1.67. The highest BCUT2D eigenvalue weighted by atomic mass is 32.2. The van der Waals surface area contributed by atoms with Crippen molar-refractivity contribution < 1.29 is 0 Å². The Morgan fingerprint density at radius 3 is 1.88 bits per heavy atom. The summed E-state index contributed by atoms with van der Waals surface area (Å²) in [7, 11) is 0. The molecular formula is C6H7AlS. The molecule has 1 aromatic carbocycles. The quantitative estimate of drug-likeness (QED) is 0.386. The van der Waals surface area contributed by atoms with Crippen LogP contribution in [0.2, 0.25) is 0 Å². The van der Waals surface area contributed by atoms with Crippen LogP contribution in [0.1, 0.15) is 0 Å². The Labute approximate surface area is 63.4 Å². The maximum atomic E-state index is 2.14. The molecule has 0 amide bonds. The molecule has 0 radical (unpaired) electrons. The van der Waals surface area contributed by atoms with E-state index in [1.165, 1.54) is 9.79 Å². The van der Waals surface area contributed by atoms with Gasteiger partial charge in [-0.05, 0) is 12.1 Å². The first-order valence-electron chi connectivity index (χ1n) is 2.24. The molecule has 0 bridgehead atoms. The molecule has 0 spiro atoms. The van der Waals surface area contributed by atoms with Crippen LogP contribution in [0.5, 0.6) is 0 Å². The van der Waals surface area contributed by atoms with Gasteiger partial charge >= 0.3 is 0 Å². The molecule has 0 fully saturated rings. The van der Waals surface area contributed by atoms with Crippen LogP contribution in [0.3, 0.4) is 0 Å². The fraction of sp³-hybridized carbons (Fsp3) is 0. The molecule has 0 saturated heterocycles. The molecule has 1 heterocycles. The van der Waals surface area contributed by atoms with Gasteiger partial charge in [0.2, 0.25) is 0 Å². The largest absolute Gasteiger partial charge is 0.187 e. The summed E-state index contributed by atoms with van der Waals surface area (Å²) in [5, 5.41) is 0. The van der Waals surface area contributed by atoms with Gasteiger partial charge in [-0.1, -0.05) is 23.9 Å². The number of rotatable bonds is 0. The van der Waals surface area contributed by atoms with Gasteiger partial charge in [0.15, 0.2) is 17.4 Å². The lowest BCUT2D eigenvalue weighted by molar-refractivity contribution is 1.38. The molecule has 8 heavy (non-hydrogen) atoms. The fourth-order valence-electron chi connectivity index (χ4n) is 0.611. The summed E-state index contributed by atoms with van der Waals surface area (Å²) in [6, 6.07) is 8.41. The highest BCUT2D eigenvalue weighted by Gasteiger charge is 2.14. The number of benzene rings is 1. The van der Waals surface area contributed by atoms with Gasteiger partial charge in [0.25, 0.3) is 0 Å². The van der Waals surface area contributed by atoms with Gasteiger partial charge in [-0.25, -0.2) is 0 Å². The summed E-state index contributed by atoms with van der Waals surface area (Å²) in [6.45, 7) is 0. The van der Waals surface area contributed by atoms with Crippen LogP contribution in [0.25, 0.3) is 0 Å². The van der Waals surface area contributed by atoms with Crippen molar-refractivity contribution in [2.75, 3.05) is 0 Å². The van der Waals surface area contributed by atoms with E-state index >= 15 is 0 Å². The van der Waals surface area contributed by atoms with E-state index < -0.39 is 0 Å². The monoisotopic (exact) mass is 138 g/mol. The average Bonchev–Trinajstić information content (AvgIpc) is 2.41. The zero-order valence-electron chi connectivity index (χ0n) is 3.72. The van der Waals surface area contributed by atoms with E-state index in [1.54, 1.807) is 0 Å². The minimum absolute atomic E-state index is 0. The predicted molar refractivity (Wildman–Crippen MR) is 40.5 cm³/mol. The van der Waals surface area contributed by atoms with Gasteiger partial charge in [-0.15, -0.1) is 0 Å². The summed E-state index contributed by atoms with van der Waals surface area (Å²) >= 11 is 1.86. The van der Waals surface area contributed by atoms with Gasteiger partial charge in [-0.3, -0.25) is 0 Å². The maximum absolute atomic E-state index is 2.14. The molecule has 0 N–H and O–H groups in total. The first kappa shape index (κ1) is 6.23. The van der Waals surface area contributed by atoms with Gasteiger partial charge in [0.05, 0.1) is 0 Å². The molecule has 0 aliphatic carbocycles. The standard InChI is InChI=1S/C6H4S.Al.3H/c1-2-4-6-5(3-1)7-6;;;;/h1-4H;;;;. The highest BCUT2D eigenvalue weighted by molar-refractivity contribution is 8.04. The summed E-state index contributed by atoms with van der Waals surface area (Å²) in [5.74, 6) is 0. The smallest absolute Gasteiger partial charge is 0.0877 e. The van der Waals surface area contributed by atoms with Crippen molar-refractivity contribution in [2.45, 2.75) is 9.79 Å². The number of fused-ring (bicyclic) bond motifs is 1. The normalized spacial score (nSPS) is 11.5. The molecular weight excluding hydrogens is 131 g/mol. The van der Waals surface area contributed by atoms with E-state index in [9.17, 15) is 0 Å². The molecule has 0 atom stereocenters. The molecule has 40 valence electrons. The predicted octanol–water partition coefficient (Wildman–Crippen LogP) is 0.967. The van der Waals surface area contributed by atoms with Crippen molar-refractivity contribution in [3.05, 3.63) is 24.3 Å². The number of hydrogen-bond donors (Lipinski definition) is 0. The van der Waals surface area contributed by atoms with E-state index in [4.69, 9.17) is 0 Å². The summed E-state index contributed by atoms with van der Waals surface area (Å²) < 4.78 is 0. The summed E-state index contributed by atoms with van der Waals surface area (Å²) in [5.41, 5.74) is 0. The summed E-state index contributed by atoms with van der Waals surface area (Å²) in [6.07, 6.45) is 0. The molecule has 0 saturated carbocycles. The third kappa shape index (κ3) is 0.925. The van der Waals surface area contributed by atoms with Crippen LogP contribution in [0, 0.1) is 0 Å². The van der Waals surface area contributed by atoms with Crippen LogP contribution < -0.4 is 0 Å². The van der Waals surface area contributed by atoms with Crippen molar-refractivity contribution >= 4 is 29.1 Å². The van der Waals surface area contributed by atoms with E-state index in [0.29, 0.717) is 0 Å². The first-order chi connectivity index (χ1) is 3.47. The third-order valence-corrected chi connectivity index (χ3v) is 1.98. The van der Waals surface area contributed by atoms with Crippen molar-refractivity contribution in [1.29, 1.82) is 0 Å². The third-order valence-electron chi connectivity index (χ3n) is 1.03. The number of hydrogen-bond acceptors (Lipinski definition) is 1. The second kappa shape index (κ2) is 2.15. The molecule has 1 aliphatic heterocycles. The van der Waals surface area contributed by atoms with Crippen LogP contribution in [0.15, 0.2) is 34.1 Å². The maximum Gasteiger partial charge on any atom is 0.187 e. The molecule has 0 aromatic heterocycles. The Hall–Kier alpha value is 0.102. The van der Waals surface area contributed by atoms with Crippen LogP contribution in [-0.2, 0) is 0 Å². The average molecular weight is 138 g/mol. The van der Waals surface area contributed by atoms with Crippen molar-refractivity contribution in [3.63, 3.8) is 0 Å². The second-order valence-electron chi connectivity index (χ2n) is 1.55. The minimum Gasteiger partial charge on any atom is -0.0877 e. The Balaban J connectivity index is 0.000000320. The zero-order chi connectivity index (χ0) is 4.69. The van der Waals surface area contributed by atoms with E-state index in [-0.39, 0.29) is 17.4 Å². The molecule has 2 rings (SSSR count). The van der Waals surface area contributed by atoms with Gasteiger partial charge in [-0.2, -0.15) is 0 Å². The van der Waals surface area contributed by atoms with Crippen molar-refractivity contribution in [3.8, 4) is 0 Å². The first-order valence-corrected chi connectivity index (χ1v) is 3.05. The van der Waals surface area contributed by atoms with E-state index in [1.807, 2.05) is 11.8 Å². The molecule has 0 nitrogen and oxygen atoms in total. The minimum atomic E-state index is 0. The molecule has 2 heteroatoms. The fourth-order valence-corrected chi connectivity index (χ4v) is 1.23. The lowest BCUT2D eigenvalue weighted by atomic mass is 10.4. The van der Waals surface area contributed by atoms with Gasteiger partial charge < -0.3 is 0 Å². The lowest BCUT2D eigenvalue weighted by Gasteiger charge is -1.66. The van der Waals surface area contributed by atoms with Crippen LogP contribution in [0.4, 0.5) is 0 Å². The zero-order valence-corrected chi connectivity index (χ0v) is 4.53. The molecule has 1 aliphatic rings. The van der Waals surface area contributed by atoms with Crippen LogP contribution in [-0.4, -0.2) is 17.4 Å². The van der Waals surface area contributed by atoms with Crippen molar-refractivity contribution in [2.24, 2.45) is 0 Å². The van der Waals surface area contributed by atoms with Crippen LogP contribution >= 0.6 is 11.8 Å². The SMILES string of the molecule is [AlH3].c1ccc2c(c1)S2. The van der Waals surface area contributed by atoms with E-state index in [0.717, 1.165) is 0 Å². The topological polar surface area (TPSA) is 0 Å². The van der Waals surface area contributed by atoms with Gasteiger partial charge in [0, 0.05) is 9.79 Å². The highest BCUT2D eigenvalue weighted by Crippen LogP contribution is 2.47. The lowest BCUT2D eigenvalue weighted by Crippen LogP contribution is -1.46. The molecule has 0 unspecified atom stereocenters. The molecule has 1 aromatic rings. The Morgan fingerprint density at radius 2 is 1.50 bits per heavy atom. The Morgan fingerprint density at radius 1 is 1.00 bits per heavy atom.